The van der Waals surface area contributed by atoms with Crippen LogP contribution in [-0.4, -0.2) is 20.6 Å². The maximum atomic E-state index is 12.5. The molecule has 1 aromatic heterocycles. The molecule has 8 heteroatoms. The Bertz CT molecular complexity index is 1060. The highest BCUT2D eigenvalue weighted by Gasteiger charge is 2.12. The van der Waals surface area contributed by atoms with E-state index in [1.165, 1.54) is 6.07 Å². The highest BCUT2D eigenvalue weighted by Crippen LogP contribution is 2.23. The molecule has 29 heavy (non-hydrogen) atoms. The number of amides is 1. The van der Waals surface area contributed by atoms with Crippen molar-refractivity contribution in [2.24, 2.45) is 7.05 Å². The van der Waals surface area contributed by atoms with E-state index in [0.717, 1.165) is 16.8 Å². The van der Waals surface area contributed by atoms with Crippen LogP contribution in [0.1, 0.15) is 32.7 Å². The fraction of sp³-hybridized carbons (Fsp3) is 0.238. The third-order valence-electron chi connectivity index (χ3n) is 4.51. The summed E-state index contributed by atoms with van der Waals surface area (Å²) < 4.78 is 7.44. The first-order valence-electron chi connectivity index (χ1n) is 9.07. The second-order valence-corrected chi connectivity index (χ2v) is 6.79. The summed E-state index contributed by atoms with van der Waals surface area (Å²) >= 11 is 0. The van der Waals surface area contributed by atoms with Crippen molar-refractivity contribution in [1.82, 2.24) is 15.1 Å². The molecule has 0 fully saturated rings. The minimum Gasteiger partial charge on any atom is -0.489 e. The number of hydrogen-bond donors (Lipinski definition) is 1. The van der Waals surface area contributed by atoms with E-state index in [4.69, 9.17) is 4.74 Å². The van der Waals surface area contributed by atoms with E-state index < -0.39 is 4.92 Å². The number of aryl methyl sites for hydroxylation is 3. The van der Waals surface area contributed by atoms with Gasteiger partial charge >= 0.3 is 0 Å². The Labute approximate surface area is 168 Å². The molecule has 1 amide bonds. The number of rotatable bonds is 7. The zero-order valence-corrected chi connectivity index (χ0v) is 16.5. The highest BCUT2D eigenvalue weighted by molar-refractivity contribution is 5.94. The fourth-order valence-corrected chi connectivity index (χ4v) is 2.99. The predicted molar refractivity (Wildman–Crippen MR) is 108 cm³/mol. The minimum absolute atomic E-state index is 0.0554. The number of aromatic nitrogens is 2. The molecule has 0 radical (unpaired) electrons. The van der Waals surface area contributed by atoms with Crippen molar-refractivity contribution in [3.63, 3.8) is 0 Å². The summed E-state index contributed by atoms with van der Waals surface area (Å²) in [6, 6.07) is 11.8. The largest absolute Gasteiger partial charge is 0.489 e. The zero-order chi connectivity index (χ0) is 21.0. The van der Waals surface area contributed by atoms with E-state index >= 15 is 0 Å². The smallest absolute Gasteiger partial charge is 0.272 e. The number of ether oxygens (including phenoxy) is 1. The highest BCUT2D eigenvalue weighted by atomic mass is 16.6. The molecule has 3 rings (SSSR count). The third kappa shape index (κ3) is 4.98. The van der Waals surface area contributed by atoms with Crippen molar-refractivity contribution >= 4 is 11.6 Å². The van der Waals surface area contributed by atoms with Crippen LogP contribution in [0.15, 0.2) is 48.7 Å². The molecule has 0 saturated heterocycles. The lowest BCUT2D eigenvalue weighted by atomic mass is 10.1. The quantitative estimate of drug-likeness (QED) is 0.489. The van der Waals surface area contributed by atoms with Gasteiger partial charge in [0.2, 0.25) is 0 Å². The van der Waals surface area contributed by atoms with Crippen LogP contribution in [-0.2, 0) is 20.2 Å². The summed E-state index contributed by atoms with van der Waals surface area (Å²) in [6.07, 6.45) is 1.88. The van der Waals surface area contributed by atoms with Gasteiger partial charge in [-0.15, -0.1) is 0 Å². The van der Waals surface area contributed by atoms with Crippen LogP contribution in [0.4, 0.5) is 5.69 Å². The lowest BCUT2D eigenvalue weighted by Crippen LogP contribution is -2.23. The number of nitro benzene ring substituents is 1. The lowest BCUT2D eigenvalue weighted by molar-refractivity contribution is -0.385. The molecule has 0 aliphatic heterocycles. The van der Waals surface area contributed by atoms with Gasteiger partial charge in [0, 0.05) is 42.5 Å². The Morgan fingerprint density at radius 1 is 1.24 bits per heavy atom. The van der Waals surface area contributed by atoms with Crippen molar-refractivity contribution in [2.45, 2.75) is 27.0 Å². The number of carbonyl (C=O) groups is 1. The Kier molecular flexibility index (Phi) is 5.92. The molecule has 3 aromatic rings. The van der Waals surface area contributed by atoms with E-state index in [9.17, 15) is 14.9 Å². The van der Waals surface area contributed by atoms with Gasteiger partial charge in [-0.1, -0.05) is 12.1 Å². The maximum Gasteiger partial charge on any atom is 0.272 e. The van der Waals surface area contributed by atoms with Crippen LogP contribution in [0.5, 0.6) is 5.75 Å². The van der Waals surface area contributed by atoms with E-state index in [0.29, 0.717) is 23.4 Å². The van der Waals surface area contributed by atoms with Gasteiger partial charge in [0.25, 0.3) is 11.6 Å². The first kappa shape index (κ1) is 20.1. The van der Waals surface area contributed by atoms with Crippen LogP contribution in [0.3, 0.4) is 0 Å². The van der Waals surface area contributed by atoms with Crippen molar-refractivity contribution in [3.8, 4) is 5.75 Å². The Morgan fingerprint density at radius 3 is 2.69 bits per heavy atom. The molecule has 0 unspecified atom stereocenters. The first-order valence-corrected chi connectivity index (χ1v) is 9.07. The minimum atomic E-state index is -0.422. The van der Waals surface area contributed by atoms with Crippen LogP contribution in [0, 0.1) is 24.0 Å². The average molecular weight is 394 g/mol. The van der Waals surface area contributed by atoms with Crippen LogP contribution in [0.25, 0.3) is 0 Å². The Hall–Kier alpha value is -3.68. The summed E-state index contributed by atoms with van der Waals surface area (Å²) in [7, 11) is 1.84. The second kappa shape index (κ2) is 8.55. The van der Waals surface area contributed by atoms with E-state index in [-0.39, 0.29) is 18.2 Å². The van der Waals surface area contributed by atoms with Crippen LogP contribution >= 0.6 is 0 Å². The molecule has 0 bridgehead atoms. The molecular weight excluding hydrogens is 372 g/mol. The molecule has 0 aliphatic carbocycles. The van der Waals surface area contributed by atoms with Gasteiger partial charge in [0.15, 0.2) is 0 Å². The molecule has 8 nitrogen and oxygen atoms in total. The zero-order valence-electron chi connectivity index (χ0n) is 16.5. The summed E-state index contributed by atoms with van der Waals surface area (Å²) in [5.41, 5.74) is 3.80. The summed E-state index contributed by atoms with van der Waals surface area (Å²) in [5.74, 6) is 0.358. The standard InChI is InChI=1S/C21H22N4O4/c1-14-9-19(7-8-20(14)25(27)28)29-13-16-5-4-6-17(10-16)21(26)22-11-18-12-24(3)23-15(18)2/h4-10,12H,11,13H2,1-3H3,(H,22,26). The van der Waals surface area contributed by atoms with Gasteiger partial charge in [0.1, 0.15) is 12.4 Å². The molecule has 150 valence electrons. The van der Waals surface area contributed by atoms with Gasteiger partial charge in [-0.3, -0.25) is 19.6 Å². The normalized spacial score (nSPS) is 10.6. The van der Waals surface area contributed by atoms with Gasteiger partial charge in [-0.25, -0.2) is 0 Å². The molecule has 1 N–H and O–H groups in total. The molecular formula is C21H22N4O4. The molecule has 0 spiro atoms. The predicted octanol–water partition coefficient (Wildman–Crippen LogP) is 3.45. The third-order valence-corrected chi connectivity index (χ3v) is 4.51. The summed E-state index contributed by atoms with van der Waals surface area (Å²) in [6.45, 7) is 4.22. The molecule has 0 atom stereocenters. The number of nitro groups is 1. The molecule has 0 saturated carbocycles. The first-order chi connectivity index (χ1) is 13.8. The number of benzene rings is 2. The van der Waals surface area contributed by atoms with Crippen LogP contribution < -0.4 is 10.1 Å². The number of nitrogens with one attached hydrogen (secondary N) is 1. The SMILES string of the molecule is Cc1cc(OCc2cccc(C(=O)NCc3cn(C)nc3C)c2)ccc1[N+](=O)[O-]. The Balaban J connectivity index is 1.61. The van der Waals surface area contributed by atoms with Gasteiger partial charge in [0.05, 0.1) is 10.6 Å². The lowest BCUT2D eigenvalue weighted by Gasteiger charge is -2.09. The molecule has 1 heterocycles. The Morgan fingerprint density at radius 2 is 2.03 bits per heavy atom. The summed E-state index contributed by atoms with van der Waals surface area (Å²) in [4.78, 5) is 22.9. The van der Waals surface area contributed by atoms with Crippen molar-refractivity contribution in [3.05, 3.63) is 86.7 Å². The molecule has 0 aliphatic rings. The number of nitrogens with zero attached hydrogens (tertiary/aromatic N) is 3. The maximum absolute atomic E-state index is 12.5. The average Bonchev–Trinajstić information content (AvgIpc) is 3.01. The van der Waals surface area contributed by atoms with Gasteiger partial charge in [-0.2, -0.15) is 5.10 Å². The van der Waals surface area contributed by atoms with Crippen LogP contribution in [0.2, 0.25) is 0 Å². The second-order valence-electron chi connectivity index (χ2n) is 6.79. The number of hydrogen-bond acceptors (Lipinski definition) is 5. The van der Waals surface area contributed by atoms with E-state index in [1.807, 2.05) is 26.2 Å². The monoisotopic (exact) mass is 394 g/mol. The van der Waals surface area contributed by atoms with Crippen molar-refractivity contribution in [2.75, 3.05) is 0 Å². The topological polar surface area (TPSA) is 99.3 Å². The molecule has 2 aromatic carbocycles. The van der Waals surface area contributed by atoms with Gasteiger partial charge in [-0.05, 0) is 43.7 Å². The fourth-order valence-electron chi connectivity index (χ4n) is 2.99. The van der Waals surface area contributed by atoms with E-state index in [1.54, 1.807) is 41.9 Å². The van der Waals surface area contributed by atoms with E-state index in [2.05, 4.69) is 10.4 Å². The summed E-state index contributed by atoms with van der Waals surface area (Å²) in [5, 5.41) is 18.1. The van der Waals surface area contributed by atoms with Crippen molar-refractivity contribution in [1.29, 1.82) is 0 Å². The van der Waals surface area contributed by atoms with Gasteiger partial charge < -0.3 is 10.1 Å². The van der Waals surface area contributed by atoms with Crippen molar-refractivity contribution < 1.29 is 14.5 Å². The number of carbonyl (C=O) groups excluding carboxylic acids is 1.